The number of nitrogen functional groups attached to an aromatic ring is 1. The Morgan fingerprint density at radius 2 is 1.63 bits per heavy atom. The molecule has 0 aliphatic carbocycles. The molecule has 0 spiro atoms. The van der Waals surface area contributed by atoms with Crippen molar-refractivity contribution >= 4 is 35.2 Å². The lowest BCUT2D eigenvalue weighted by atomic mass is 10.1. The number of anilines is 3. The molecular formula is C15H13N3O. The van der Waals surface area contributed by atoms with Gasteiger partial charge in [0.2, 0.25) is 0 Å². The Morgan fingerprint density at radius 3 is 2.37 bits per heavy atom. The zero-order valence-corrected chi connectivity index (χ0v) is 10.2. The van der Waals surface area contributed by atoms with Crippen molar-refractivity contribution in [1.29, 1.82) is 0 Å². The predicted molar refractivity (Wildman–Crippen MR) is 77.9 cm³/mol. The van der Waals surface area contributed by atoms with Crippen molar-refractivity contribution in [3.63, 3.8) is 0 Å². The van der Waals surface area contributed by atoms with Crippen LogP contribution in [0.4, 0.5) is 21.9 Å². The topological polar surface area (TPSA) is 72.4 Å². The zero-order chi connectivity index (χ0) is 13.4. The number of hydrogen-bond acceptors (Lipinski definition) is 2. The molecule has 2 aromatic carbocycles. The largest absolute Gasteiger partial charge is 0.399 e. The van der Waals surface area contributed by atoms with Crippen LogP contribution in [0.1, 0.15) is 11.1 Å². The van der Waals surface area contributed by atoms with Crippen LogP contribution in [-0.4, -0.2) is 6.03 Å². The minimum absolute atomic E-state index is 0.525. The Kier molecular flexibility index (Phi) is 2.49. The maximum Gasteiger partial charge on any atom is 0.323 e. The maximum atomic E-state index is 11.8. The SMILES string of the molecule is NC(=O)N1c2ccccc2C=Cc2ccc(N)cc21. The quantitative estimate of drug-likeness (QED) is 0.706. The molecule has 1 aliphatic heterocycles. The van der Waals surface area contributed by atoms with Gasteiger partial charge >= 0.3 is 6.03 Å². The number of amides is 2. The molecule has 2 amide bonds. The molecule has 4 nitrogen and oxygen atoms in total. The van der Waals surface area contributed by atoms with Crippen molar-refractivity contribution in [2.75, 3.05) is 10.6 Å². The third-order valence-corrected chi connectivity index (χ3v) is 3.14. The third-order valence-electron chi connectivity index (χ3n) is 3.14. The highest BCUT2D eigenvalue weighted by molar-refractivity contribution is 6.05. The first-order chi connectivity index (χ1) is 9.16. The highest BCUT2D eigenvalue weighted by Crippen LogP contribution is 2.36. The Bertz CT molecular complexity index is 692. The summed E-state index contributed by atoms with van der Waals surface area (Å²) in [5.74, 6) is 0. The molecule has 1 heterocycles. The summed E-state index contributed by atoms with van der Waals surface area (Å²) in [5.41, 5.74) is 15.3. The first-order valence-electron chi connectivity index (χ1n) is 5.93. The highest BCUT2D eigenvalue weighted by atomic mass is 16.2. The fraction of sp³-hybridized carbons (Fsp3) is 0. The second-order valence-electron chi connectivity index (χ2n) is 4.38. The molecule has 0 atom stereocenters. The fourth-order valence-electron chi connectivity index (χ4n) is 2.27. The lowest BCUT2D eigenvalue weighted by Crippen LogP contribution is -2.32. The molecule has 94 valence electrons. The van der Waals surface area contributed by atoms with Crippen LogP contribution in [0.2, 0.25) is 0 Å². The van der Waals surface area contributed by atoms with Crippen LogP contribution in [0.3, 0.4) is 0 Å². The van der Waals surface area contributed by atoms with Gasteiger partial charge in [-0.1, -0.05) is 36.4 Å². The van der Waals surface area contributed by atoms with Crippen molar-refractivity contribution in [2.24, 2.45) is 5.73 Å². The molecule has 0 radical (unpaired) electrons. The second kappa shape index (κ2) is 4.17. The van der Waals surface area contributed by atoms with Crippen molar-refractivity contribution in [1.82, 2.24) is 0 Å². The van der Waals surface area contributed by atoms with E-state index in [0.717, 1.165) is 16.8 Å². The van der Waals surface area contributed by atoms with E-state index in [1.54, 1.807) is 12.1 Å². The van der Waals surface area contributed by atoms with Gasteiger partial charge in [0.15, 0.2) is 0 Å². The number of para-hydroxylation sites is 1. The van der Waals surface area contributed by atoms with E-state index in [2.05, 4.69) is 0 Å². The molecule has 0 bridgehead atoms. The Morgan fingerprint density at radius 1 is 0.947 bits per heavy atom. The molecule has 0 fully saturated rings. The summed E-state index contributed by atoms with van der Waals surface area (Å²) in [6.07, 6.45) is 3.92. The number of nitrogens with two attached hydrogens (primary N) is 2. The molecule has 19 heavy (non-hydrogen) atoms. The van der Waals surface area contributed by atoms with E-state index >= 15 is 0 Å². The second-order valence-corrected chi connectivity index (χ2v) is 4.38. The van der Waals surface area contributed by atoms with E-state index in [4.69, 9.17) is 11.5 Å². The van der Waals surface area contributed by atoms with Gasteiger partial charge < -0.3 is 11.5 Å². The van der Waals surface area contributed by atoms with E-state index in [1.807, 2.05) is 42.5 Å². The molecule has 1 aliphatic rings. The predicted octanol–water partition coefficient (Wildman–Crippen LogP) is 2.97. The number of fused-ring (bicyclic) bond motifs is 2. The van der Waals surface area contributed by atoms with E-state index in [0.29, 0.717) is 11.4 Å². The van der Waals surface area contributed by atoms with E-state index in [1.165, 1.54) is 4.90 Å². The van der Waals surface area contributed by atoms with Gasteiger partial charge in [-0.3, -0.25) is 4.90 Å². The zero-order valence-electron chi connectivity index (χ0n) is 10.2. The Balaban J connectivity index is 2.31. The van der Waals surface area contributed by atoms with Gasteiger partial charge in [-0.05, 0) is 29.3 Å². The van der Waals surface area contributed by atoms with Crippen LogP contribution in [0.5, 0.6) is 0 Å². The van der Waals surface area contributed by atoms with E-state index < -0.39 is 6.03 Å². The van der Waals surface area contributed by atoms with Gasteiger partial charge in [0.05, 0.1) is 11.4 Å². The maximum absolute atomic E-state index is 11.8. The summed E-state index contributed by atoms with van der Waals surface area (Å²) in [5, 5.41) is 0. The Hall–Kier alpha value is -2.75. The van der Waals surface area contributed by atoms with Gasteiger partial charge in [0.1, 0.15) is 0 Å². The minimum atomic E-state index is -0.525. The summed E-state index contributed by atoms with van der Waals surface area (Å²) in [7, 11) is 0. The summed E-state index contributed by atoms with van der Waals surface area (Å²) in [6.45, 7) is 0. The lowest BCUT2D eigenvalue weighted by molar-refractivity contribution is 0.256. The standard InChI is InChI=1S/C15H13N3O/c16-12-8-7-11-6-5-10-3-1-2-4-13(10)18(15(17)19)14(11)9-12/h1-9H,16H2,(H2,17,19). The summed E-state index contributed by atoms with van der Waals surface area (Å²) < 4.78 is 0. The molecule has 3 rings (SSSR count). The molecule has 0 aromatic heterocycles. The smallest absolute Gasteiger partial charge is 0.323 e. The van der Waals surface area contributed by atoms with E-state index in [9.17, 15) is 4.79 Å². The molecule has 4 heteroatoms. The number of nitrogens with zero attached hydrogens (tertiary/aromatic N) is 1. The highest BCUT2D eigenvalue weighted by Gasteiger charge is 2.21. The van der Waals surface area contributed by atoms with Crippen LogP contribution in [0, 0.1) is 0 Å². The van der Waals surface area contributed by atoms with Crippen LogP contribution >= 0.6 is 0 Å². The van der Waals surface area contributed by atoms with Crippen molar-refractivity contribution < 1.29 is 4.79 Å². The van der Waals surface area contributed by atoms with Crippen LogP contribution < -0.4 is 16.4 Å². The average Bonchev–Trinajstić information content (AvgIpc) is 2.54. The number of rotatable bonds is 0. The number of primary amides is 1. The van der Waals surface area contributed by atoms with Gasteiger partial charge in [-0.2, -0.15) is 0 Å². The van der Waals surface area contributed by atoms with Gasteiger partial charge in [0, 0.05) is 5.69 Å². The number of urea groups is 1. The van der Waals surface area contributed by atoms with Crippen LogP contribution in [0.25, 0.3) is 12.2 Å². The van der Waals surface area contributed by atoms with Gasteiger partial charge in [0.25, 0.3) is 0 Å². The first-order valence-corrected chi connectivity index (χ1v) is 5.93. The Labute approximate surface area is 110 Å². The monoisotopic (exact) mass is 251 g/mol. The lowest BCUT2D eigenvalue weighted by Gasteiger charge is -2.23. The number of benzene rings is 2. The number of hydrogen-bond donors (Lipinski definition) is 2. The first kappa shape index (κ1) is 11.3. The normalized spacial score (nSPS) is 12.5. The van der Waals surface area contributed by atoms with Crippen LogP contribution in [-0.2, 0) is 0 Å². The van der Waals surface area contributed by atoms with E-state index in [-0.39, 0.29) is 0 Å². The fourth-order valence-corrected chi connectivity index (χ4v) is 2.27. The van der Waals surface area contributed by atoms with Gasteiger partial charge in [-0.15, -0.1) is 0 Å². The third kappa shape index (κ3) is 1.83. The minimum Gasteiger partial charge on any atom is -0.399 e. The van der Waals surface area contributed by atoms with Gasteiger partial charge in [-0.25, -0.2) is 4.79 Å². The molecule has 0 unspecified atom stereocenters. The van der Waals surface area contributed by atoms with Crippen molar-refractivity contribution in [3.8, 4) is 0 Å². The molecule has 4 N–H and O–H groups in total. The molecule has 2 aromatic rings. The number of carbonyl (C=O) groups is 1. The summed E-state index contributed by atoms with van der Waals surface area (Å²) in [4.78, 5) is 13.3. The van der Waals surface area contributed by atoms with Crippen molar-refractivity contribution in [3.05, 3.63) is 53.6 Å². The average molecular weight is 251 g/mol. The number of carbonyl (C=O) groups excluding carboxylic acids is 1. The van der Waals surface area contributed by atoms with Crippen LogP contribution in [0.15, 0.2) is 42.5 Å². The van der Waals surface area contributed by atoms with Crippen molar-refractivity contribution in [2.45, 2.75) is 0 Å². The summed E-state index contributed by atoms with van der Waals surface area (Å²) >= 11 is 0. The molecule has 0 saturated carbocycles. The molecule has 0 saturated heterocycles. The summed E-state index contributed by atoms with van der Waals surface area (Å²) in [6, 6.07) is 12.5. The molecular weight excluding hydrogens is 238 g/mol.